The molecule has 0 aliphatic carbocycles. The minimum atomic E-state index is -0.732. The molecule has 0 bridgehead atoms. The molecule has 2 aromatic rings. The Morgan fingerprint density at radius 1 is 1.07 bits per heavy atom. The van der Waals surface area contributed by atoms with Crippen LogP contribution in [0.2, 0.25) is 5.02 Å². The third kappa shape index (κ3) is 2.72. The maximum Gasteiger partial charge on any atom is 0.349 e. The van der Waals surface area contributed by atoms with Crippen molar-refractivity contribution in [2.75, 3.05) is 14.2 Å². The summed E-state index contributed by atoms with van der Waals surface area (Å²) in [5.41, 5.74) is 0.193. The number of nitrogens with one attached hydrogen (secondary N) is 1. The summed E-state index contributed by atoms with van der Waals surface area (Å²) in [4.78, 5) is 30.5. The first kappa shape index (κ1) is 17.1. The second-order valence-corrected chi connectivity index (χ2v) is 6.21. The maximum absolute atomic E-state index is 12.4. The summed E-state index contributed by atoms with van der Waals surface area (Å²) < 4.78 is 12.5. The molecule has 2 aliphatic heterocycles. The molecule has 7 nitrogen and oxygen atoms in total. The molecule has 0 aromatic heterocycles. The van der Waals surface area contributed by atoms with Gasteiger partial charge in [-0.05, 0) is 30.3 Å². The van der Waals surface area contributed by atoms with Crippen LogP contribution in [0.15, 0.2) is 52.1 Å². The van der Waals surface area contributed by atoms with E-state index in [9.17, 15) is 9.59 Å². The molecule has 0 fully saturated rings. The van der Waals surface area contributed by atoms with E-state index in [4.69, 9.17) is 21.1 Å². The van der Waals surface area contributed by atoms with Crippen LogP contribution in [0.5, 0.6) is 11.5 Å². The zero-order valence-electron chi connectivity index (χ0n) is 14.4. The van der Waals surface area contributed by atoms with Gasteiger partial charge in [0.2, 0.25) is 0 Å². The molecule has 2 heterocycles. The molecule has 4 rings (SSSR count). The highest BCUT2D eigenvalue weighted by Gasteiger charge is 2.21. The van der Waals surface area contributed by atoms with Crippen molar-refractivity contribution < 1.29 is 9.47 Å². The van der Waals surface area contributed by atoms with Crippen LogP contribution < -0.4 is 20.7 Å². The highest BCUT2D eigenvalue weighted by Crippen LogP contribution is 2.36. The van der Waals surface area contributed by atoms with Crippen molar-refractivity contribution in [3.63, 3.8) is 0 Å². The van der Waals surface area contributed by atoms with Crippen molar-refractivity contribution in [2.24, 2.45) is 0 Å². The summed E-state index contributed by atoms with van der Waals surface area (Å²) in [6.45, 7) is 0. The number of pyridine rings is 1. The molecular formula is C19H14ClN3O4. The molecule has 27 heavy (non-hydrogen) atoms. The van der Waals surface area contributed by atoms with Gasteiger partial charge in [0.15, 0.2) is 5.82 Å². The van der Waals surface area contributed by atoms with Gasteiger partial charge in [0.25, 0.3) is 5.56 Å². The summed E-state index contributed by atoms with van der Waals surface area (Å²) >= 11 is 6.37. The fourth-order valence-electron chi connectivity index (χ4n) is 3.09. The topological polar surface area (TPSA) is 86.2 Å². The van der Waals surface area contributed by atoms with Crippen molar-refractivity contribution in [3.8, 4) is 28.6 Å². The second kappa shape index (κ2) is 6.44. The Hall–Kier alpha value is -3.32. The number of benzene rings is 2. The van der Waals surface area contributed by atoms with Gasteiger partial charge in [-0.15, -0.1) is 0 Å². The Bertz CT molecular complexity index is 1260. The second-order valence-electron chi connectivity index (χ2n) is 5.80. The van der Waals surface area contributed by atoms with E-state index in [0.717, 1.165) is 0 Å². The Morgan fingerprint density at radius 3 is 2.63 bits per heavy atom. The van der Waals surface area contributed by atoms with Gasteiger partial charge in [-0.3, -0.25) is 14.3 Å². The van der Waals surface area contributed by atoms with Crippen molar-refractivity contribution in [3.05, 3.63) is 68.3 Å². The summed E-state index contributed by atoms with van der Waals surface area (Å²) in [6, 6.07) is 12.2. The number of hydrogen-bond donors (Lipinski definition) is 1. The van der Waals surface area contributed by atoms with Crippen molar-refractivity contribution >= 4 is 22.5 Å². The lowest BCUT2D eigenvalue weighted by Crippen LogP contribution is -2.27. The van der Waals surface area contributed by atoms with Gasteiger partial charge in [-0.2, -0.15) is 4.98 Å². The summed E-state index contributed by atoms with van der Waals surface area (Å²) in [7, 11) is 3.08. The maximum atomic E-state index is 12.4. The number of methoxy groups -OCH3 is 2. The van der Waals surface area contributed by atoms with Crippen LogP contribution in [0, 0.1) is 0 Å². The van der Waals surface area contributed by atoms with Gasteiger partial charge in [0.05, 0.1) is 31.0 Å². The smallest absolute Gasteiger partial charge is 0.349 e. The standard InChI is InChI=1S/C19H14ClN3O4/c1-26-10-6-7-16(27-2)15(8-10)23-14-5-3-4-13(20)11(14)9-12-17(23)21-19(25)22-18(12)24/h3-9H,1-2H3,(H,22,24,25). The first-order valence-corrected chi connectivity index (χ1v) is 8.38. The normalized spacial score (nSPS) is 11.1. The predicted octanol–water partition coefficient (Wildman–Crippen LogP) is 2.85. The molecule has 1 N–H and O–H groups in total. The zero-order chi connectivity index (χ0) is 19.1. The van der Waals surface area contributed by atoms with E-state index >= 15 is 0 Å². The quantitative estimate of drug-likeness (QED) is 0.550. The SMILES string of the molecule is COc1ccc(OC)c(-n2c3nc(=O)[nH]c(=O)c-3cc3c(Cl)cccc32)c1. The fraction of sp³-hybridized carbons (Fsp3) is 0.105. The monoisotopic (exact) mass is 383 g/mol. The van der Waals surface area contributed by atoms with Gasteiger partial charge in [0.1, 0.15) is 11.5 Å². The van der Waals surface area contributed by atoms with Crippen LogP contribution in [0.1, 0.15) is 0 Å². The molecular weight excluding hydrogens is 370 g/mol. The van der Waals surface area contributed by atoms with Crippen molar-refractivity contribution in [1.29, 1.82) is 0 Å². The Kier molecular flexibility index (Phi) is 4.08. The summed E-state index contributed by atoms with van der Waals surface area (Å²) in [6.07, 6.45) is 0. The fourth-order valence-corrected chi connectivity index (χ4v) is 3.31. The van der Waals surface area contributed by atoms with Crippen LogP contribution in [-0.2, 0) is 0 Å². The molecule has 0 saturated heterocycles. The van der Waals surface area contributed by atoms with Crippen LogP contribution in [0.3, 0.4) is 0 Å². The van der Waals surface area contributed by atoms with Gasteiger partial charge in [-0.25, -0.2) is 4.79 Å². The minimum Gasteiger partial charge on any atom is -0.497 e. The van der Waals surface area contributed by atoms with E-state index in [2.05, 4.69) is 9.97 Å². The number of ether oxygens (including phenoxy) is 2. The Morgan fingerprint density at radius 2 is 1.89 bits per heavy atom. The van der Waals surface area contributed by atoms with Crippen LogP contribution in [-0.4, -0.2) is 28.8 Å². The van der Waals surface area contributed by atoms with Crippen molar-refractivity contribution in [2.45, 2.75) is 0 Å². The first-order valence-electron chi connectivity index (χ1n) is 8.00. The highest BCUT2D eigenvalue weighted by atomic mass is 35.5. The van der Waals surface area contributed by atoms with Gasteiger partial charge in [0, 0.05) is 16.5 Å². The lowest BCUT2D eigenvalue weighted by Gasteiger charge is -2.20. The third-order valence-corrected chi connectivity index (χ3v) is 4.64. The average Bonchev–Trinajstić information content (AvgIpc) is 2.66. The number of nitrogens with zero attached hydrogens (tertiary/aromatic N) is 2. The van der Waals surface area contributed by atoms with E-state index in [1.165, 1.54) is 7.11 Å². The van der Waals surface area contributed by atoms with Gasteiger partial charge < -0.3 is 9.47 Å². The molecule has 8 heteroatoms. The van der Waals surface area contributed by atoms with E-state index in [1.807, 2.05) is 6.07 Å². The molecule has 0 saturated carbocycles. The molecule has 136 valence electrons. The van der Waals surface area contributed by atoms with Crippen LogP contribution in [0.25, 0.3) is 28.0 Å². The largest absolute Gasteiger partial charge is 0.497 e. The van der Waals surface area contributed by atoms with Crippen LogP contribution in [0.4, 0.5) is 0 Å². The molecule has 0 radical (unpaired) electrons. The predicted molar refractivity (Wildman–Crippen MR) is 103 cm³/mol. The summed E-state index contributed by atoms with van der Waals surface area (Å²) in [5, 5.41) is 1.11. The van der Waals surface area contributed by atoms with E-state index < -0.39 is 11.2 Å². The lowest BCUT2D eigenvalue weighted by atomic mass is 10.1. The molecule has 0 amide bonds. The first-order chi connectivity index (χ1) is 13.0. The third-order valence-electron chi connectivity index (χ3n) is 4.31. The van der Waals surface area contributed by atoms with Gasteiger partial charge in [-0.1, -0.05) is 17.7 Å². The van der Waals surface area contributed by atoms with Crippen LogP contribution >= 0.6 is 11.6 Å². The molecule has 0 unspecified atom stereocenters. The number of halogens is 1. The number of H-pyrrole nitrogens is 1. The zero-order valence-corrected chi connectivity index (χ0v) is 15.2. The minimum absolute atomic E-state index is 0.199. The molecule has 0 spiro atoms. The molecule has 0 atom stereocenters. The number of aromatic nitrogens is 3. The Labute approximate surface area is 158 Å². The number of aromatic amines is 1. The number of rotatable bonds is 3. The number of fused-ring (bicyclic) bond motifs is 2. The van der Waals surface area contributed by atoms with Gasteiger partial charge >= 0.3 is 5.69 Å². The van der Waals surface area contributed by atoms with E-state index in [1.54, 1.807) is 48.1 Å². The van der Waals surface area contributed by atoms with E-state index in [-0.39, 0.29) is 11.4 Å². The lowest BCUT2D eigenvalue weighted by molar-refractivity contribution is 0.402. The molecule has 2 aromatic carbocycles. The van der Waals surface area contributed by atoms with E-state index in [0.29, 0.717) is 33.1 Å². The highest BCUT2D eigenvalue weighted by molar-refractivity contribution is 6.35. The van der Waals surface area contributed by atoms with Crippen molar-refractivity contribution in [1.82, 2.24) is 14.5 Å². The average molecular weight is 384 g/mol. The molecule has 2 aliphatic rings. The Balaban J connectivity index is 2.27. The summed E-state index contributed by atoms with van der Waals surface area (Å²) in [5.74, 6) is 1.30. The number of hydrogen-bond acceptors (Lipinski definition) is 5.